The van der Waals surface area contributed by atoms with Gasteiger partial charge in [-0.05, 0) is 23.5 Å². The number of para-hydroxylation sites is 1. The number of hydrogen-bond donors (Lipinski definition) is 2. The summed E-state index contributed by atoms with van der Waals surface area (Å²) in [6.45, 7) is 5.44. The summed E-state index contributed by atoms with van der Waals surface area (Å²) in [4.78, 5) is 0. The Hall–Kier alpha value is -1.02. The van der Waals surface area contributed by atoms with Gasteiger partial charge in [0.2, 0.25) is 0 Å². The molecule has 0 radical (unpaired) electrons. The second kappa shape index (κ2) is 3.62. The minimum Gasteiger partial charge on any atom is -0.384 e. The van der Waals surface area contributed by atoms with E-state index >= 15 is 0 Å². The van der Waals surface area contributed by atoms with Crippen molar-refractivity contribution >= 4 is 5.69 Å². The first kappa shape index (κ1) is 9.53. The van der Waals surface area contributed by atoms with E-state index < -0.39 is 0 Å². The van der Waals surface area contributed by atoms with Crippen molar-refractivity contribution < 1.29 is 0 Å². The molecule has 0 amide bonds. The molecular weight excluding hydrogens is 172 g/mol. The van der Waals surface area contributed by atoms with Gasteiger partial charge >= 0.3 is 0 Å². The Kier molecular flexibility index (Phi) is 2.46. The Morgan fingerprint density at radius 1 is 1.43 bits per heavy atom. The molecule has 0 aliphatic carbocycles. The Bertz CT molecular complexity index is 317. The van der Waals surface area contributed by atoms with Crippen molar-refractivity contribution in [1.29, 1.82) is 0 Å². The Balaban J connectivity index is 2.49. The maximum absolute atomic E-state index is 6.08. The van der Waals surface area contributed by atoms with Gasteiger partial charge in [-0.25, -0.2) is 0 Å². The number of hydrogen-bond acceptors (Lipinski definition) is 2. The van der Waals surface area contributed by atoms with Gasteiger partial charge in [0, 0.05) is 18.3 Å². The molecule has 2 heteroatoms. The van der Waals surface area contributed by atoms with E-state index in [-0.39, 0.29) is 6.04 Å². The fraction of sp³-hybridized carbons (Fsp3) is 0.500. The standard InChI is InChI=1S/C12H18N2/c1-8(2)9-4-3-5-10-11(13)6-7-14-12(9)10/h3-5,8,11,14H,6-7,13H2,1-2H3/t11-/m0/s1. The number of rotatable bonds is 1. The van der Waals surface area contributed by atoms with Gasteiger partial charge in [0.05, 0.1) is 0 Å². The van der Waals surface area contributed by atoms with Crippen LogP contribution >= 0.6 is 0 Å². The lowest BCUT2D eigenvalue weighted by molar-refractivity contribution is 0.650. The molecule has 1 heterocycles. The van der Waals surface area contributed by atoms with Crippen molar-refractivity contribution in [3.05, 3.63) is 29.3 Å². The highest BCUT2D eigenvalue weighted by atomic mass is 14.9. The van der Waals surface area contributed by atoms with Crippen LogP contribution in [0.4, 0.5) is 5.69 Å². The molecule has 1 aromatic carbocycles. The highest BCUT2D eigenvalue weighted by Gasteiger charge is 2.19. The molecule has 3 N–H and O–H groups in total. The number of nitrogens with one attached hydrogen (secondary N) is 1. The third-order valence-electron chi connectivity index (χ3n) is 2.91. The molecule has 0 spiro atoms. The van der Waals surface area contributed by atoms with E-state index in [1.165, 1.54) is 16.8 Å². The molecule has 0 bridgehead atoms. The summed E-state index contributed by atoms with van der Waals surface area (Å²) in [5.41, 5.74) is 10.0. The SMILES string of the molecule is CC(C)c1cccc2c1NCC[C@@H]2N. The summed E-state index contributed by atoms with van der Waals surface area (Å²) in [6, 6.07) is 6.65. The monoisotopic (exact) mass is 190 g/mol. The van der Waals surface area contributed by atoms with Crippen LogP contribution in [0, 0.1) is 0 Å². The molecule has 14 heavy (non-hydrogen) atoms. The summed E-state index contributed by atoms with van der Waals surface area (Å²) in [7, 11) is 0. The summed E-state index contributed by atoms with van der Waals surface area (Å²) in [5.74, 6) is 0.558. The average molecular weight is 190 g/mol. The number of benzene rings is 1. The van der Waals surface area contributed by atoms with E-state index in [0.29, 0.717) is 5.92 Å². The van der Waals surface area contributed by atoms with E-state index in [9.17, 15) is 0 Å². The minimum atomic E-state index is 0.213. The lowest BCUT2D eigenvalue weighted by atomic mass is 9.91. The molecule has 0 unspecified atom stereocenters. The second-order valence-corrected chi connectivity index (χ2v) is 4.29. The Labute approximate surface area is 85.5 Å². The van der Waals surface area contributed by atoms with Crippen molar-refractivity contribution in [3.63, 3.8) is 0 Å². The molecule has 1 aliphatic rings. The first-order valence-electron chi connectivity index (χ1n) is 5.32. The van der Waals surface area contributed by atoms with Gasteiger partial charge in [-0.1, -0.05) is 32.0 Å². The van der Waals surface area contributed by atoms with Crippen LogP contribution in [0.2, 0.25) is 0 Å². The molecule has 0 fully saturated rings. The lowest BCUT2D eigenvalue weighted by Crippen LogP contribution is -2.23. The Morgan fingerprint density at radius 2 is 2.21 bits per heavy atom. The van der Waals surface area contributed by atoms with Crippen LogP contribution in [0.3, 0.4) is 0 Å². The van der Waals surface area contributed by atoms with Crippen molar-refractivity contribution in [3.8, 4) is 0 Å². The predicted molar refractivity (Wildman–Crippen MR) is 60.6 cm³/mol. The highest BCUT2D eigenvalue weighted by molar-refractivity contribution is 5.61. The van der Waals surface area contributed by atoms with E-state index in [4.69, 9.17) is 5.73 Å². The minimum absolute atomic E-state index is 0.213. The van der Waals surface area contributed by atoms with Gasteiger partial charge in [-0.2, -0.15) is 0 Å². The first-order valence-corrected chi connectivity index (χ1v) is 5.32. The third-order valence-corrected chi connectivity index (χ3v) is 2.91. The van der Waals surface area contributed by atoms with Crippen LogP contribution in [0.15, 0.2) is 18.2 Å². The van der Waals surface area contributed by atoms with Crippen LogP contribution in [-0.2, 0) is 0 Å². The molecule has 2 nitrogen and oxygen atoms in total. The molecule has 0 saturated heterocycles. The third kappa shape index (κ3) is 1.50. The molecule has 1 atom stereocenters. The second-order valence-electron chi connectivity index (χ2n) is 4.29. The molecule has 76 valence electrons. The summed E-state index contributed by atoms with van der Waals surface area (Å²) in [6.07, 6.45) is 1.04. The molecule has 1 aliphatic heterocycles. The molecule has 1 aromatic rings. The summed E-state index contributed by atoms with van der Waals surface area (Å²) >= 11 is 0. The first-order chi connectivity index (χ1) is 6.70. The summed E-state index contributed by atoms with van der Waals surface area (Å²) < 4.78 is 0. The van der Waals surface area contributed by atoms with Crippen LogP contribution in [-0.4, -0.2) is 6.54 Å². The topological polar surface area (TPSA) is 38.0 Å². The van der Waals surface area contributed by atoms with E-state index in [1.54, 1.807) is 0 Å². The Morgan fingerprint density at radius 3 is 2.93 bits per heavy atom. The van der Waals surface area contributed by atoms with Gasteiger partial charge in [-0.3, -0.25) is 0 Å². The van der Waals surface area contributed by atoms with Crippen LogP contribution in [0.5, 0.6) is 0 Å². The quantitative estimate of drug-likeness (QED) is 0.714. The number of anilines is 1. The van der Waals surface area contributed by atoms with Gasteiger partial charge in [0.1, 0.15) is 0 Å². The number of fused-ring (bicyclic) bond motifs is 1. The zero-order valence-corrected chi connectivity index (χ0v) is 8.88. The largest absolute Gasteiger partial charge is 0.384 e. The smallest absolute Gasteiger partial charge is 0.0423 e. The molecule has 0 saturated carbocycles. The van der Waals surface area contributed by atoms with Gasteiger partial charge < -0.3 is 11.1 Å². The average Bonchev–Trinajstić information content (AvgIpc) is 2.17. The zero-order chi connectivity index (χ0) is 10.1. The highest BCUT2D eigenvalue weighted by Crippen LogP contribution is 2.34. The van der Waals surface area contributed by atoms with Crippen LogP contribution in [0.25, 0.3) is 0 Å². The fourth-order valence-corrected chi connectivity index (χ4v) is 2.09. The van der Waals surface area contributed by atoms with Crippen molar-refractivity contribution in [2.45, 2.75) is 32.2 Å². The van der Waals surface area contributed by atoms with E-state index in [0.717, 1.165) is 13.0 Å². The van der Waals surface area contributed by atoms with Gasteiger partial charge in [0.25, 0.3) is 0 Å². The normalized spacial score (nSPS) is 20.4. The van der Waals surface area contributed by atoms with Crippen molar-refractivity contribution in [2.24, 2.45) is 5.73 Å². The predicted octanol–water partition coefficient (Wildman–Crippen LogP) is 2.63. The fourth-order valence-electron chi connectivity index (χ4n) is 2.09. The van der Waals surface area contributed by atoms with Crippen LogP contribution < -0.4 is 11.1 Å². The summed E-state index contributed by atoms with van der Waals surface area (Å²) in [5, 5.41) is 3.46. The number of nitrogens with two attached hydrogens (primary N) is 1. The van der Waals surface area contributed by atoms with Crippen molar-refractivity contribution in [1.82, 2.24) is 0 Å². The van der Waals surface area contributed by atoms with Gasteiger partial charge in [0.15, 0.2) is 0 Å². The van der Waals surface area contributed by atoms with E-state index in [2.05, 4.69) is 37.4 Å². The van der Waals surface area contributed by atoms with Gasteiger partial charge in [-0.15, -0.1) is 0 Å². The lowest BCUT2D eigenvalue weighted by Gasteiger charge is -2.27. The van der Waals surface area contributed by atoms with E-state index in [1.807, 2.05) is 0 Å². The molecular formula is C12H18N2. The maximum Gasteiger partial charge on any atom is 0.0423 e. The maximum atomic E-state index is 6.08. The molecule has 2 rings (SSSR count). The van der Waals surface area contributed by atoms with Crippen molar-refractivity contribution in [2.75, 3.05) is 11.9 Å². The molecule has 0 aromatic heterocycles. The van der Waals surface area contributed by atoms with Crippen LogP contribution in [0.1, 0.15) is 43.4 Å². The zero-order valence-electron chi connectivity index (χ0n) is 8.88.